The largest absolute Gasteiger partial charge is 0.354 e. The van der Waals surface area contributed by atoms with Crippen LogP contribution in [0.2, 0.25) is 0 Å². The second kappa shape index (κ2) is 9.67. The molecule has 152 valence electrons. The Hall–Kier alpha value is -1.70. The molecule has 0 spiro atoms. The molecule has 0 saturated carbocycles. The zero-order valence-corrected chi connectivity index (χ0v) is 18.1. The number of halogens is 1. The van der Waals surface area contributed by atoms with E-state index in [0.717, 1.165) is 50.1 Å². The Morgan fingerprint density at radius 3 is 2.61 bits per heavy atom. The number of carbonyl (C=O) groups excluding carboxylic acids is 1. The standard InChI is InChI=1S/C20H28ClN5OS/c1-20(2,15-21)18(27)22-8-9-25-10-12-26(13-11-25)19-23-17(24-28-19)14-16-6-4-3-5-7-16/h3-7H,8-15H2,1-2H3,(H,22,27). The lowest BCUT2D eigenvalue weighted by Gasteiger charge is -2.34. The Labute approximate surface area is 176 Å². The van der Waals surface area contributed by atoms with Gasteiger partial charge >= 0.3 is 0 Å². The first-order chi connectivity index (χ1) is 13.5. The Bertz CT molecular complexity index is 759. The smallest absolute Gasteiger partial charge is 0.226 e. The van der Waals surface area contributed by atoms with Gasteiger partial charge in [0.25, 0.3) is 0 Å². The maximum absolute atomic E-state index is 12.1. The maximum Gasteiger partial charge on any atom is 0.226 e. The predicted molar refractivity (Wildman–Crippen MR) is 115 cm³/mol. The molecule has 28 heavy (non-hydrogen) atoms. The minimum atomic E-state index is -0.518. The van der Waals surface area contributed by atoms with Crippen molar-refractivity contribution in [3.63, 3.8) is 0 Å². The highest BCUT2D eigenvalue weighted by atomic mass is 35.5. The van der Waals surface area contributed by atoms with E-state index in [9.17, 15) is 4.79 Å². The fraction of sp³-hybridized carbons (Fsp3) is 0.550. The van der Waals surface area contributed by atoms with Crippen LogP contribution >= 0.6 is 23.1 Å². The van der Waals surface area contributed by atoms with Crippen LogP contribution in [0.1, 0.15) is 25.2 Å². The molecule has 0 aliphatic carbocycles. The number of hydrogen-bond acceptors (Lipinski definition) is 6. The van der Waals surface area contributed by atoms with Gasteiger partial charge in [-0.05, 0) is 19.4 Å². The minimum absolute atomic E-state index is 0.0148. The van der Waals surface area contributed by atoms with Crippen LogP contribution in [0.25, 0.3) is 0 Å². The van der Waals surface area contributed by atoms with Gasteiger partial charge in [0.1, 0.15) is 5.82 Å². The average molecular weight is 422 g/mol. The number of carbonyl (C=O) groups is 1. The first-order valence-electron chi connectivity index (χ1n) is 9.66. The number of nitrogens with zero attached hydrogens (tertiary/aromatic N) is 4. The summed E-state index contributed by atoms with van der Waals surface area (Å²) in [6.07, 6.45) is 0.773. The van der Waals surface area contributed by atoms with Crippen LogP contribution < -0.4 is 10.2 Å². The van der Waals surface area contributed by atoms with Gasteiger partial charge in [-0.25, -0.2) is 4.98 Å². The molecule has 6 nitrogen and oxygen atoms in total. The average Bonchev–Trinajstić information content (AvgIpc) is 3.17. The third kappa shape index (κ3) is 5.65. The predicted octanol–water partition coefficient (Wildman–Crippen LogP) is 2.63. The van der Waals surface area contributed by atoms with Crippen molar-refractivity contribution in [3.8, 4) is 0 Å². The van der Waals surface area contributed by atoms with E-state index >= 15 is 0 Å². The van der Waals surface area contributed by atoms with Crippen LogP contribution in [0, 0.1) is 5.41 Å². The number of rotatable bonds is 8. The molecular weight excluding hydrogens is 394 g/mol. The molecule has 2 aromatic rings. The SMILES string of the molecule is CC(C)(CCl)C(=O)NCCN1CCN(c2nc(Cc3ccccc3)ns2)CC1. The van der Waals surface area contributed by atoms with Gasteiger partial charge in [0, 0.05) is 63.1 Å². The Balaban J connectivity index is 1.41. The number of benzene rings is 1. The number of hydrogen-bond donors (Lipinski definition) is 1. The quantitative estimate of drug-likeness (QED) is 0.664. The van der Waals surface area contributed by atoms with Gasteiger partial charge in [-0.3, -0.25) is 9.69 Å². The van der Waals surface area contributed by atoms with Crippen molar-refractivity contribution in [2.75, 3.05) is 50.0 Å². The lowest BCUT2D eigenvalue weighted by Crippen LogP contribution is -2.49. The Morgan fingerprint density at radius 2 is 1.93 bits per heavy atom. The number of nitrogens with one attached hydrogen (secondary N) is 1. The van der Waals surface area contributed by atoms with Crippen molar-refractivity contribution in [2.24, 2.45) is 5.41 Å². The Morgan fingerprint density at radius 1 is 1.21 bits per heavy atom. The summed E-state index contributed by atoms with van der Waals surface area (Å²) in [7, 11) is 0. The number of aromatic nitrogens is 2. The second-order valence-electron chi connectivity index (χ2n) is 7.76. The molecule has 1 aliphatic heterocycles. The first kappa shape index (κ1) is 21.0. The van der Waals surface area contributed by atoms with E-state index in [1.807, 2.05) is 32.0 Å². The van der Waals surface area contributed by atoms with E-state index in [4.69, 9.17) is 16.6 Å². The molecule has 3 rings (SSSR count). The number of piperazine rings is 1. The van der Waals surface area contributed by atoms with Gasteiger partial charge in [0.2, 0.25) is 11.0 Å². The van der Waals surface area contributed by atoms with E-state index in [1.54, 1.807) is 0 Å². The summed E-state index contributed by atoms with van der Waals surface area (Å²) < 4.78 is 4.52. The molecule has 0 radical (unpaired) electrons. The third-order valence-corrected chi connectivity index (χ3v) is 6.45. The first-order valence-corrected chi connectivity index (χ1v) is 11.0. The van der Waals surface area contributed by atoms with E-state index in [2.05, 4.69) is 31.6 Å². The maximum atomic E-state index is 12.1. The molecule has 0 unspecified atom stereocenters. The van der Waals surface area contributed by atoms with E-state index in [-0.39, 0.29) is 5.91 Å². The highest BCUT2D eigenvalue weighted by Gasteiger charge is 2.26. The van der Waals surface area contributed by atoms with Gasteiger partial charge in [-0.2, -0.15) is 4.37 Å². The summed E-state index contributed by atoms with van der Waals surface area (Å²) in [6, 6.07) is 10.3. The summed E-state index contributed by atoms with van der Waals surface area (Å²) in [5, 5.41) is 3.99. The molecule has 1 saturated heterocycles. The van der Waals surface area contributed by atoms with Crippen molar-refractivity contribution in [3.05, 3.63) is 41.7 Å². The molecule has 1 N–H and O–H groups in total. The molecular formula is C20H28ClN5OS. The summed E-state index contributed by atoms with van der Waals surface area (Å²) >= 11 is 7.33. The van der Waals surface area contributed by atoms with Gasteiger partial charge < -0.3 is 10.2 Å². The number of amides is 1. The third-order valence-electron chi connectivity index (χ3n) is 4.97. The Kier molecular flexibility index (Phi) is 7.26. The number of anilines is 1. The summed E-state index contributed by atoms with van der Waals surface area (Å²) in [5.41, 5.74) is 0.714. The zero-order chi connectivity index (χ0) is 20.0. The fourth-order valence-corrected chi connectivity index (χ4v) is 3.87. The molecule has 1 aromatic carbocycles. The van der Waals surface area contributed by atoms with Gasteiger partial charge in [0.05, 0.1) is 5.41 Å². The van der Waals surface area contributed by atoms with Gasteiger partial charge in [0.15, 0.2) is 0 Å². The normalized spacial score (nSPS) is 15.6. The van der Waals surface area contributed by atoms with Crippen molar-refractivity contribution >= 4 is 34.2 Å². The van der Waals surface area contributed by atoms with Crippen LogP contribution in [0.15, 0.2) is 30.3 Å². The molecule has 1 aromatic heterocycles. The number of alkyl halides is 1. The van der Waals surface area contributed by atoms with Crippen molar-refractivity contribution in [2.45, 2.75) is 20.3 Å². The molecule has 0 atom stereocenters. The fourth-order valence-electron chi connectivity index (χ4n) is 3.01. The molecule has 1 fully saturated rings. The van der Waals surface area contributed by atoms with E-state index in [1.165, 1.54) is 17.1 Å². The summed E-state index contributed by atoms with van der Waals surface area (Å²) in [4.78, 5) is 21.5. The molecule has 8 heteroatoms. The van der Waals surface area contributed by atoms with Crippen molar-refractivity contribution in [1.29, 1.82) is 0 Å². The van der Waals surface area contributed by atoms with Crippen LogP contribution in [-0.2, 0) is 11.2 Å². The highest BCUT2D eigenvalue weighted by molar-refractivity contribution is 7.09. The summed E-state index contributed by atoms with van der Waals surface area (Å²) in [6.45, 7) is 9.02. The molecule has 0 bridgehead atoms. The van der Waals surface area contributed by atoms with Gasteiger partial charge in [-0.1, -0.05) is 30.3 Å². The lowest BCUT2D eigenvalue weighted by molar-refractivity contribution is -0.128. The van der Waals surface area contributed by atoms with Crippen molar-refractivity contribution in [1.82, 2.24) is 19.6 Å². The monoisotopic (exact) mass is 421 g/mol. The van der Waals surface area contributed by atoms with Crippen LogP contribution in [-0.4, -0.2) is 65.3 Å². The van der Waals surface area contributed by atoms with E-state index in [0.29, 0.717) is 12.4 Å². The molecule has 2 heterocycles. The second-order valence-corrected chi connectivity index (χ2v) is 8.76. The highest BCUT2D eigenvalue weighted by Crippen LogP contribution is 2.20. The van der Waals surface area contributed by atoms with Crippen LogP contribution in [0.5, 0.6) is 0 Å². The minimum Gasteiger partial charge on any atom is -0.354 e. The van der Waals surface area contributed by atoms with Crippen LogP contribution in [0.3, 0.4) is 0 Å². The molecule has 1 amide bonds. The van der Waals surface area contributed by atoms with E-state index < -0.39 is 5.41 Å². The van der Waals surface area contributed by atoms with Gasteiger partial charge in [-0.15, -0.1) is 11.6 Å². The zero-order valence-electron chi connectivity index (χ0n) is 16.5. The van der Waals surface area contributed by atoms with Crippen LogP contribution in [0.4, 0.5) is 5.13 Å². The topological polar surface area (TPSA) is 61.4 Å². The van der Waals surface area contributed by atoms with Crippen molar-refractivity contribution < 1.29 is 4.79 Å². The lowest BCUT2D eigenvalue weighted by atomic mass is 9.95. The molecule has 1 aliphatic rings. The summed E-state index contributed by atoms with van der Waals surface area (Å²) in [5.74, 6) is 1.23.